The Labute approximate surface area is 88.6 Å². The summed E-state index contributed by atoms with van der Waals surface area (Å²) < 4.78 is 5.45. The van der Waals surface area contributed by atoms with Crippen LogP contribution in [0.25, 0.3) is 0 Å². The molecule has 0 saturated heterocycles. The third kappa shape index (κ3) is 3.46. The van der Waals surface area contributed by atoms with E-state index in [2.05, 4.69) is 24.0 Å². The predicted octanol–water partition coefficient (Wildman–Crippen LogP) is 1.21. The largest absolute Gasteiger partial charge is 0.492 e. The van der Waals surface area contributed by atoms with Crippen molar-refractivity contribution < 1.29 is 9.94 Å². The lowest BCUT2D eigenvalue weighted by molar-refractivity contribution is 0.270. The van der Waals surface area contributed by atoms with Crippen LogP contribution in [0.4, 0.5) is 0 Å². The molecule has 0 unspecified atom stereocenters. The van der Waals surface area contributed by atoms with Crippen LogP contribution in [0.15, 0.2) is 23.6 Å². The highest BCUT2D eigenvalue weighted by molar-refractivity contribution is 5.96. The van der Waals surface area contributed by atoms with Gasteiger partial charge in [0, 0.05) is 11.8 Å². The smallest absolute Gasteiger partial charge is 0.171 e. The Morgan fingerprint density at radius 1 is 1.60 bits per heavy atom. The lowest BCUT2D eigenvalue weighted by Crippen LogP contribution is -2.13. The molecule has 0 aromatic carbocycles. The van der Waals surface area contributed by atoms with Crippen LogP contribution in [-0.2, 0) is 0 Å². The zero-order valence-corrected chi connectivity index (χ0v) is 8.84. The SMILES string of the molecule is CC(C)COc1cncc(/C(N)=N\O)c1. The van der Waals surface area contributed by atoms with Crippen LogP contribution < -0.4 is 10.5 Å². The minimum absolute atomic E-state index is 0.0255. The van der Waals surface area contributed by atoms with Crippen molar-refractivity contribution in [3.8, 4) is 5.75 Å². The molecule has 82 valence electrons. The molecule has 0 aliphatic carbocycles. The van der Waals surface area contributed by atoms with Crippen LogP contribution in [0, 0.1) is 5.92 Å². The van der Waals surface area contributed by atoms with E-state index < -0.39 is 0 Å². The molecule has 5 heteroatoms. The molecule has 15 heavy (non-hydrogen) atoms. The minimum atomic E-state index is 0.0255. The molecule has 1 aromatic rings. The Bertz CT molecular complexity index is 350. The second-order valence-corrected chi connectivity index (χ2v) is 3.60. The van der Waals surface area contributed by atoms with Crippen molar-refractivity contribution in [1.82, 2.24) is 4.98 Å². The Hall–Kier alpha value is -1.78. The number of amidine groups is 1. The van der Waals surface area contributed by atoms with Crippen molar-refractivity contribution in [2.24, 2.45) is 16.8 Å². The van der Waals surface area contributed by atoms with Gasteiger partial charge in [-0.2, -0.15) is 0 Å². The quantitative estimate of drug-likeness (QED) is 0.338. The van der Waals surface area contributed by atoms with E-state index in [1.165, 1.54) is 6.20 Å². The summed E-state index contributed by atoms with van der Waals surface area (Å²) in [6.07, 6.45) is 3.10. The van der Waals surface area contributed by atoms with Crippen LogP contribution in [0.1, 0.15) is 19.4 Å². The molecule has 0 saturated carbocycles. The molecule has 0 bridgehead atoms. The van der Waals surface area contributed by atoms with E-state index in [0.717, 1.165) is 0 Å². The van der Waals surface area contributed by atoms with Crippen LogP contribution in [0.3, 0.4) is 0 Å². The molecular formula is C10H15N3O2. The molecule has 0 fully saturated rings. The summed E-state index contributed by atoms with van der Waals surface area (Å²) in [6.45, 7) is 4.73. The number of hydrogen-bond acceptors (Lipinski definition) is 4. The van der Waals surface area contributed by atoms with E-state index in [1.54, 1.807) is 12.3 Å². The number of ether oxygens (including phenoxy) is 1. The zero-order chi connectivity index (χ0) is 11.3. The predicted molar refractivity (Wildman–Crippen MR) is 57.1 cm³/mol. The minimum Gasteiger partial charge on any atom is -0.492 e. The third-order valence-corrected chi connectivity index (χ3v) is 1.70. The Morgan fingerprint density at radius 2 is 2.33 bits per heavy atom. The van der Waals surface area contributed by atoms with Crippen molar-refractivity contribution in [3.63, 3.8) is 0 Å². The fourth-order valence-electron chi connectivity index (χ4n) is 0.958. The van der Waals surface area contributed by atoms with Gasteiger partial charge in [-0.15, -0.1) is 0 Å². The molecule has 0 aliphatic rings. The number of nitrogens with zero attached hydrogens (tertiary/aromatic N) is 2. The van der Waals surface area contributed by atoms with Gasteiger partial charge in [-0.25, -0.2) is 0 Å². The number of nitrogens with two attached hydrogens (primary N) is 1. The number of pyridine rings is 1. The lowest BCUT2D eigenvalue weighted by atomic mass is 10.2. The summed E-state index contributed by atoms with van der Waals surface area (Å²) in [4.78, 5) is 3.93. The van der Waals surface area contributed by atoms with Gasteiger partial charge in [0.25, 0.3) is 0 Å². The van der Waals surface area contributed by atoms with Gasteiger partial charge in [0.1, 0.15) is 5.75 Å². The normalized spacial score (nSPS) is 11.8. The van der Waals surface area contributed by atoms with Gasteiger partial charge in [-0.05, 0) is 12.0 Å². The maximum atomic E-state index is 8.49. The van der Waals surface area contributed by atoms with Crippen molar-refractivity contribution in [2.45, 2.75) is 13.8 Å². The second-order valence-electron chi connectivity index (χ2n) is 3.60. The molecule has 0 aliphatic heterocycles. The first-order valence-electron chi connectivity index (χ1n) is 4.69. The summed E-state index contributed by atoms with van der Waals surface area (Å²) in [6, 6.07) is 1.68. The van der Waals surface area contributed by atoms with Crippen LogP contribution in [0.5, 0.6) is 5.75 Å². The molecule has 0 radical (unpaired) electrons. The van der Waals surface area contributed by atoms with Crippen molar-refractivity contribution in [1.29, 1.82) is 0 Å². The van der Waals surface area contributed by atoms with E-state index in [4.69, 9.17) is 15.7 Å². The first-order chi connectivity index (χ1) is 7.13. The van der Waals surface area contributed by atoms with Crippen molar-refractivity contribution >= 4 is 5.84 Å². The van der Waals surface area contributed by atoms with E-state index in [0.29, 0.717) is 23.8 Å². The summed E-state index contributed by atoms with van der Waals surface area (Å²) in [5.41, 5.74) is 5.96. The first-order valence-corrected chi connectivity index (χ1v) is 4.69. The van der Waals surface area contributed by atoms with Gasteiger partial charge in [-0.3, -0.25) is 4.98 Å². The number of rotatable bonds is 4. The molecule has 5 nitrogen and oxygen atoms in total. The fourth-order valence-corrected chi connectivity index (χ4v) is 0.958. The number of hydrogen-bond donors (Lipinski definition) is 2. The van der Waals surface area contributed by atoms with Crippen LogP contribution in [-0.4, -0.2) is 22.6 Å². The Kier molecular flexibility index (Phi) is 3.91. The topological polar surface area (TPSA) is 80.7 Å². The van der Waals surface area contributed by atoms with Gasteiger partial charge < -0.3 is 15.7 Å². The van der Waals surface area contributed by atoms with Crippen LogP contribution in [0.2, 0.25) is 0 Å². The monoisotopic (exact) mass is 209 g/mol. The number of oxime groups is 1. The second kappa shape index (κ2) is 5.19. The fraction of sp³-hybridized carbons (Fsp3) is 0.400. The maximum absolute atomic E-state index is 8.49. The lowest BCUT2D eigenvalue weighted by Gasteiger charge is -2.08. The van der Waals surface area contributed by atoms with E-state index in [1.807, 2.05) is 0 Å². The van der Waals surface area contributed by atoms with E-state index >= 15 is 0 Å². The highest BCUT2D eigenvalue weighted by Gasteiger charge is 2.03. The van der Waals surface area contributed by atoms with Gasteiger partial charge >= 0.3 is 0 Å². The molecule has 0 atom stereocenters. The van der Waals surface area contributed by atoms with Crippen molar-refractivity contribution in [3.05, 3.63) is 24.0 Å². The molecule has 3 N–H and O–H groups in total. The molecule has 1 rings (SSSR count). The summed E-state index contributed by atoms with van der Waals surface area (Å²) in [7, 11) is 0. The standard InChI is InChI=1S/C10H15N3O2/c1-7(2)6-15-9-3-8(4-12-5-9)10(11)13-14/h3-5,7,14H,6H2,1-2H3,(H2,11,13). The molecule has 1 aromatic heterocycles. The average Bonchev–Trinajstić information content (AvgIpc) is 2.25. The summed E-state index contributed by atoms with van der Waals surface area (Å²) in [5.74, 6) is 1.09. The van der Waals surface area contributed by atoms with Gasteiger partial charge in [0.05, 0.1) is 12.8 Å². The molecule has 0 amide bonds. The zero-order valence-electron chi connectivity index (χ0n) is 8.84. The van der Waals surface area contributed by atoms with Gasteiger partial charge in [0.15, 0.2) is 5.84 Å². The highest BCUT2D eigenvalue weighted by atomic mass is 16.5. The van der Waals surface area contributed by atoms with Gasteiger partial charge in [-0.1, -0.05) is 19.0 Å². The Balaban J connectivity index is 2.74. The Morgan fingerprint density at radius 3 is 2.93 bits per heavy atom. The summed E-state index contributed by atoms with van der Waals surface area (Å²) >= 11 is 0. The molecular weight excluding hydrogens is 194 g/mol. The summed E-state index contributed by atoms with van der Waals surface area (Å²) in [5, 5.41) is 11.4. The third-order valence-electron chi connectivity index (χ3n) is 1.70. The van der Waals surface area contributed by atoms with E-state index in [-0.39, 0.29) is 5.84 Å². The maximum Gasteiger partial charge on any atom is 0.171 e. The highest BCUT2D eigenvalue weighted by Crippen LogP contribution is 2.12. The first kappa shape index (κ1) is 11.3. The van der Waals surface area contributed by atoms with Crippen molar-refractivity contribution in [2.75, 3.05) is 6.61 Å². The number of aromatic nitrogens is 1. The molecule has 0 spiro atoms. The average molecular weight is 209 g/mol. The van der Waals surface area contributed by atoms with Crippen LogP contribution >= 0.6 is 0 Å². The van der Waals surface area contributed by atoms with Gasteiger partial charge in [0.2, 0.25) is 0 Å². The van der Waals surface area contributed by atoms with E-state index in [9.17, 15) is 0 Å². The molecule has 1 heterocycles.